The third-order valence-corrected chi connectivity index (χ3v) is 2.57. The van der Waals surface area contributed by atoms with Crippen LogP contribution in [0.3, 0.4) is 0 Å². The van der Waals surface area contributed by atoms with Gasteiger partial charge in [0.2, 0.25) is 0 Å². The topological polar surface area (TPSA) is 47.6 Å². The quantitative estimate of drug-likeness (QED) is 0.754. The second-order valence-corrected chi connectivity index (χ2v) is 4.14. The van der Waals surface area contributed by atoms with Gasteiger partial charge in [-0.05, 0) is 31.5 Å². The van der Waals surface area contributed by atoms with Gasteiger partial charge in [0, 0.05) is 12.6 Å². The van der Waals surface area contributed by atoms with Crippen LogP contribution in [0.25, 0.3) is 0 Å². The fourth-order valence-electron chi connectivity index (χ4n) is 1.62. The molecule has 0 aliphatic rings. The SMILES string of the molecule is CCOC(=O)CC(C)NCc1cccc(OC)c1. The summed E-state index contributed by atoms with van der Waals surface area (Å²) < 4.78 is 10.1. The zero-order chi connectivity index (χ0) is 13.4. The molecule has 1 unspecified atom stereocenters. The first-order valence-electron chi connectivity index (χ1n) is 6.17. The van der Waals surface area contributed by atoms with E-state index in [9.17, 15) is 4.79 Å². The highest BCUT2D eigenvalue weighted by atomic mass is 16.5. The second-order valence-electron chi connectivity index (χ2n) is 4.14. The Kier molecular flexibility index (Phi) is 6.22. The molecule has 0 amide bonds. The van der Waals surface area contributed by atoms with E-state index in [-0.39, 0.29) is 12.0 Å². The van der Waals surface area contributed by atoms with Crippen LogP contribution in [0, 0.1) is 0 Å². The summed E-state index contributed by atoms with van der Waals surface area (Å²) in [5.74, 6) is 0.676. The lowest BCUT2D eigenvalue weighted by atomic mass is 10.2. The van der Waals surface area contributed by atoms with Crippen molar-refractivity contribution in [1.82, 2.24) is 5.32 Å². The molecule has 1 rings (SSSR count). The van der Waals surface area contributed by atoms with E-state index in [0.29, 0.717) is 19.6 Å². The molecule has 0 aliphatic heterocycles. The van der Waals surface area contributed by atoms with E-state index in [1.807, 2.05) is 38.1 Å². The minimum Gasteiger partial charge on any atom is -0.497 e. The molecule has 1 aromatic carbocycles. The summed E-state index contributed by atoms with van der Waals surface area (Å²) in [5.41, 5.74) is 1.13. The number of nitrogens with one attached hydrogen (secondary N) is 1. The number of benzene rings is 1. The molecular weight excluding hydrogens is 230 g/mol. The minimum absolute atomic E-state index is 0.0928. The Labute approximate surface area is 108 Å². The van der Waals surface area contributed by atoms with Crippen LogP contribution >= 0.6 is 0 Å². The van der Waals surface area contributed by atoms with Crippen LogP contribution in [-0.2, 0) is 16.1 Å². The average molecular weight is 251 g/mol. The third kappa shape index (κ3) is 5.19. The van der Waals surface area contributed by atoms with E-state index in [4.69, 9.17) is 9.47 Å². The Hall–Kier alpha value is -1.55. The summed E-state index contributed by atoms with van der Waals surface area (Å²) in [6.07, 6.45) is 0.387. The highest BCUT2D eigenvalue weighted by molar-refractivity contribution is 5.70. The van der Waals surface area contributed by atoms with E-state index in [2.05, 4.69) is 5.32 Å². The number of rotatable bonds is 7. The number of ether oxygens (including phenoxy) is 2. The summed E-state index contributed by atoms with van der Waals surface area (Å²) in [6.45, 7) is 4.92. The van der Waals surface area contributed by atoms with Crippen LogP contribution in [-0.4, -0.2) is 25.7 Å². The number of carbonyl (C=O) groups is 1. The Morgan fingerprint density at radius 2 is 2.22 bits per heavy atom. The molecule has 100 valence electrons. The maximum absolute atomic E-state index is 11.3. The van der Waals surface area contributed by atoms with E-state index in [1.54, 1.807) is 7.11 Å². The molecule has 4 heteroatoms. The van der Waals surface area contributed by atoms with Gasteiger partial charge >= 0.3 is 5.97 Å². The van der Waals surface area contributed by atoms with Crippen LogP contribution in [0.4, 0.5) is 0 Å². The van der Waals surface area contributed by atoms with E-state index < -0.39 is 0 Å². The molecule has 1 atom stereocenters. The maximum Gasteiger partial charge on any atom is 0.307 e. The lowest BCUT2D eigenvalue weighted by molar-refractivity contribution is -0.143. The molecule has 4 nitrogen and oxygen atoms in total. The largest absolute Gasteiger partial charge is 0.497 e. The van der Waals surface area contributed by atoms with Crippen molar-refractivity contribution >= 4 is 5.97 Å². The van der Waals surface area contributed by atoms with Gasteiger partial charge in [-0.2, -0.15) is 0 Å². The molecule has 0 saturated carbocycles. The number of hydrogen-bond donors (Lipinski definition) is 1. The van der Waals surface area contributed by atoms with Crippen LogP contribution in [0.2, 0.25) is 0 Å². The van der Waals surface area contributed by atoms with E-state index in [0.717, 1.165) is 11.3 Å². The van der Waals surface area contributed by atoms with Crippen molar-refractivity contribution in [2.24, 2.45) is 0 Å². The molecule has 1 N–H and O–H groups in total. The molecule has 0 aliphatic carbocycles. The van der Waals surface area contributed by atoms with Crippen LogP contribution in [0.5, 0.6) is 5.75 Å². The Balaban J connectivity index is 2.37. The molecule has 0 radical (unpaired) electrons. The second kappa shape index (κ2) is 7.71. The number of carbonyl (C=O) groups excluding carboxylic acids is 1. The predicted octanol–water partition coefficient (Wildman–Crippen LogP) is 2.13. The van der Waals surface area contributed by atoms with Gasteiger partial charge in [0.15, 0.2) is 0 Å². The Bertz CT molecular complexity index is 379. The summed E-state index contributed by atoms with van der Waals surface area (Å²) in [4.78, 5) is 11.3. The molecule has 0 bridgehead atoms. The summed E-state index contributed by atoms with van der Waals surface area (Å²) in [5, 5.41) is 3.28. The Morgan fingerprint density at radius 3 is 2.89 bits per heavy atom. The maximum atomic E-state index is 11.3. The summed E-state index contributed by atoms with van der Waals surface area (Å²) in [6, 6.07) is 7.95. The Morgan fingerprint density at radius 1 is 1.44 bits per heavy atom. The molecule has 0 fully saturated rings. The highest BCUT2D eigenvalue weighted by Crippen LogP contribution is 2.12. The number of esters is 1. The molecule has 0 heterocycles. The van der Waals surface area contributed by atoms with E-state index >= 15 is 0 Å². The normalized spacial score (nSPS) is 11.9. The lowest BCUT2D eigenvalue weighted by Crippen LogP contribution is -2.28. The van der Waals surface area contributed by atoms with Crippen LogP contribution in [0.1, 0.15) is 25.8 Å². The zero-order valence-corrected chi connectivity index (χ0v) is 11.2. The smallest absolute Gasteiger partial charge is 0.307 e. The van der Waals surface area contributed by atoms with E-state index in [1.165, 1.54) is 0 Å². The van der Waals surface area contributed by atoms with Crippen molar-refractivity contribution in [3.05, 3.63) is 29.8 Å². The fourth-order valence-corrected chi connectivity index (χ4v) is 1.62. The zero-order valence-electron chi connectivity index (χ0n) is 11.2. The van der Waals surface area contributed by atoms with Crippen molar-refractivity contribution in [3.8, 4) is 5.75 Å². The summed E-state index contributed by atoms with van der Waals surface area (Å²) >= 11 is 0. The fraction of sp³-hybridized carbons (Fsp3) is 0.500. The first-order valence-corrected chi connectivity index (χ1v) is 6.17. The third-order valence-electron chi connectivity index (χ3n) is 2.57. The lowest BCUT2D eigenvalue weighted by Gasteiger charge is -2.13. The van der Waals surface area contributed by atoms with Crippen molar-refractivity contribution < 1.29 is 14.3 Å². The first kappa shape index (κ1) is 14.5. The van der Waals surface area contributed by atoms with Crippen molar-refractivity contribution in [2.45, 2.75) is 32.9 Å². The molecular formula is C14H21NO3. The van der Waals surface area contributed by atoms with Gasteiger partial charge in [-0.25, -0.2) is 0 Å². The number of hydrogen-bond acceptors (Lipinski definition) is 4. The van der Waals surface area contributed by atoms with Gasteiger partial charge in [-0.15, -0.1) is 0 Å². The molecule has 0 spiro atoms. The highest BCUT2D eigenvalue weighted by Gasteiger charge is 2.09. The molecule has 1 aromatic rings. The molecule has 0 aromatic heterocycles. The van der Waals surface area contributed by atoms with Crippen LogP contribution in [0.15, 0.2) is 24.3 Å². The van der Waals surface area contributed by atoms with Crippen molar-refractivity contribution in [1.29, 1.82) is 0 Å². The van der Waals surface area contributed by atoms with Gasteiger partial charge in [0.05, 0.1) is 20.1 Å². The van der Waals surface area contributed by atoms with Gasteiger partial charge in [-0.1, -0.05) is 12.1 Å². The minimum atomic E-state index is -0.164. The van der Waals surface area contributed by atoms with Gasteiger partial charge < -0.3 is 14.8 Å². The summed E-state index contributed by atoms with van der Waals surface area (Å²) in [7, 11) is 1.65. The average Bonchev–Trinajstić information content (AvgIpc) is 2.37. The standard InChI is InChI=1S/C14H21NO3/c1-4-18-14(16)8-11(2)15-10-12-6-5-7-13(9-12)17-3/h5-7,9,11,15H,4,8,10H2,1-3H3. The number of methoxy groups -OCH3 is 1. The van der Waals surface area contributed by atoms with Crippen molar-refractivity contribution in [3.63, 3.8) is 0 Å². The van der Waals surface area contributed by atoms with Gasteiger partial charge in [-0.3, -0.25) is 4.79 Å². The van der Waals surface area contributed by atoms with Crippen molar-refractivity contribution in [2.75, 3.05) is 13.7 Å². The van der Waals surface area contributed by atoms with Gasteiger partial charge in [0.1, 0.15) is 5.75 Å². The van der Waals surface area contributed by atoms with Crippen LogP contribution < -0.4 is 10.1 Å². The first-order chi connectivity index (χ1) is 8.65. The predicted molar refractivity (Wildman–Crippen MR) is 70.5 cm³/mol. The van der Waals surface area contributed by atoms with Gasteiger partial charge in [0.25, 0.3) is 0 Å². The monoisotopic (exact) mass is 251 g/mol. The molecule has 18 heavy (non-hydrogen) atoms. The molecule has 0 saturated heterocycles.